The first-order valence-corrected chi connectivity index (χ1v) is 9.90. The molecule has 0 saturated heterocycles. The Hall–Kier alpha value is -1.11. The molecular formula is C16H25ClN2O3S. The fraction of sp³-hybridized carbons (Fsp3) is 0.562. The van der Waals surface area contributed by atoms with E-state index in [4.69, 9.17) is 11.6 Å². The molecule has 0 N–H and O–H groups in total. The maximum Gasteiger partial charge on any atom is 0.223 e. The Kier molecular flexibility index (Phi) is 8.02. The lowest BCUT2D eigenvalue weighted by Gasteiger charge is -2.22. The molecule has 0 spiro atoms. The van der Waals surface area contributed by atoms with Crippen molar-refractivity contribution < 1.29 is 13.2 Å². The molecule has 0 heterocycles. The normalized spacial score (nSPS) is 11.7. The average Bonchev–Trinajstić information content (AvgIpc) is 2.49. The van der Waals surface area contributed by atoms with Gasteiger partial charge < -0.3 is 4.90 Å². The Morgan fingerprint density at radius 3 is 2.30 bits per heavy atom. The predicted octanol–water partition coefficient (Wildman–Crippen LogP) is 2.75. The van der Waals surface area contributed by atoms with Crippen LogP contribution in [0.15, 0.2) is 24.3 Å². The highest BCUT2D eigenvalue weighted by Crippen LogP contribution is 2.13. The third-order valence-electron chi connectivity index (χ3n) is 3.59. The van der Waals surface area contributed by atoms with Gasteiger partial charge in [-0.25, -0.2) is 8.42 Å². The van der Waals surface area contributed by atoms with Gasteiger partial charge in [0, 0.05) is 38.1 Å². The summed E-state index contributed by atoms with van der Waals surface area (Å²) in [5, 5.41) is 0.604. The summed E-state index contributed by atoms with van der Waals surface area (Å²) in [6.07, 6.45) is 3.31. The Bertz CT molecular complexity index is 602. The molecule has 5 nitrogen and oxygen atoms in total. The summed E-state index contributed by atoms with van der Waals surface area (Å²) in [6.45, 7) is 3.18. The van der Waals surface area contributed by atoms with Crippen LogP contribution >= 0.6 is 11.6 Å². The van der Waals surface area contributed by atoms with E-state index in [1.807, 2.05) is 0 Å². The van der Waals surface area contributed by atoms with Gasteiger partial charge >= 0.3 is 0 Å². The first-order valence-electron chi connectivity index (χ1n) is 7.67. The standard InChI is InChI=1S/C16H25ClN2O3S/c1-4-5-11-18(2)16(20)10-12-19(23(3,21)22)13-14-6-8-15(17)9-7-14/h6-9H,4-5,10-13H2,1-3H3. The van der Waals surface area contributed by atoms with Gasteiger partial charge in [-0.15, -0.1) is 0 Å². The lowest BCUT2D eigenvalue weighted by atomic mass is 10.2. The van der Waals surface area contributed by atoms with Crippen molar-refractivity contribution in [3.8, 4) is 0 Å². The summed E-state index contributed by atoms with van der Waals surface area (Å²) >= 11 is 5.84. The van der Waals surface area contributed by atoms with Crippen molar-refractivity contribution >= 4 is 27.5 Å². The van der Waals surface area contributed by atoms with Gasteiger partial charge in [0.2, 0.25) is 15.9 Å². The van der Waals surface area contributed by atoms with Crippen LogP contribution in [-0.2, 0) is 21.4 Å². The second kappa shape index (κ2) is 9.25. The molecule has 7 heteroatoms. The molecule has 0 radical (unpaired) electrons. The molecule has 0 atom stereocenters. The zero-order chi connectivity index (χ0) is 17.5. The Labute approximate surface area is 144 Å². The molecule has 0 aliphatic heterocycles. The number of amides is 1. The van der Waals surface area contributed by atoms with Crippen LogP contribution < -0.4 is 0 Å². The monoisotopic (exact) mass is 360 g/mol. The van der Waals surface area contributed by atoms with Crippen molar-refractivity contribution in [1.29, 1.82) is 0 Å². The van der Waals surface area contributed by atoms with E-state index in [0.717, 1.165) is 24.7 Å². The number of hydrogen-bond acceptors (Lipinski definition) is 3. The van der Waals surface area contributed by atoms with E-state index in [2.05, 4.69) is 6.92 Å². The second-order valence-corrected chi connectivity index (χ2v) is 8.06. The first-order chi connectivity index (χ1) is 10.7. The van der Waals surface area contributed by atoms with Crippen molar-refractivity contribution in [2.24, 2.45) is 0 Å². The van der Waals surface area contributed by atoms with Gasteiger partial charge in [0.05, 0.1) is 6.26 Å². The van der Waals surface area contributed by atoms with E-state index >= 15 is 0 Å². The molecule has 0 unspecified atom stereocenters. The number of hydrogen-bond donors (Lipinski definition) is 0. The number of halogens is 1. The van der Waals surface area contributed by atoms with Gasteiger partial charge in [0.25, 0.3) is 0 Å². The number of unbranched alkanes of at least 4 members (excludes halogenated alkanes) is 1. The van der Waals surface area contributed by atoms with Gasteiger partial charge in [0.1, 0.15) is 0 Å². The van der Waals surface area contributed by atoms with Crippen LogP contribution in [0.2, 0.25) is 5.02 Å². The van der Waals surface area contributed by atoms with Gasteiger partial charge in [-0.05, 0) is 24.1 Å². The number of carbonyl (C=O) groups excluding carboxylic acids is 1. The van der Waals surface area contributed by atoms with E-state index in [1.165, 1.54) is 4.31 Å². The topological polar surface area (TPSA) is 57.7 Å². The molecule has 130 valence electrons. The molecule has 0 aromatic heterocycles. The van der Waals surface area contributed by atoms with Gasteiger partial charge in [-0.3, -0.25) is 4.79 Å². The number of rotatable bonds is 9. The highest BCUT2D eigenvalue weighted by Gasteiger charge is 2.19. The van der Waals surface area contributed by atoms with E-state index in [0.29, 0.717) is 11.6 Å². The SMILES string of the molecule is CCCCN(C)C(=O)CCN(Cc1ccc(Cl)cc1)S(C)(=O)=O. The van der Waals surface area contributed by atoms with Crippen LogP contribution in [-0.4, -0.2) is 49.9 Å². The quantitative estimate of drug-likeness (QED) is 0.680. The molecule has 0 aliphatic carbocycles. The summed E-state index contributed by atoms with van der Waals surface area (Å²) in [4.78, 5) is 13.7. The van der Waals surface area contributed by atoms with Crippen molar-refractivity contribution in [2.75, 3.05) is 26.4 Å². The minimum Gasteiger partial charge on any atom is -0.346 e. The third kappa shape index (κ3) is 7.33. The molecule has 23 heavy (non-hydrogen) atoms. The Morgan fingerprint density at radius 2 is 1.78 bits per heavy atom. The number of carbonyl (C=O) groups is 1. The van der Waals surface area contributed by atoms with E-state index < -0.39 is 10.0 Å². The molecule has 1 rings (SSSR count). The molecule has 1 aromatic rings. The predicted molar refractivity (Wildman–Crippen MR) is 93.9 cm³/mol. The number of benzene rings is 1. The van der Waals surface area contributed by atoms with Crippen molar-refractivity contribution in [1.82, 2.24) is 9.21 Å². The number of sulfonamides is 1. The van der Waals surface area contributed by atoms with E-state index in [1.54, 1.807) is 36.2 Å². The van der Waals surface area contributed by atoms with Crippen LogP contribution in [0.25, 0.3) is 0 Å². The summed E-state index contributed by atoms with van der Waals surface area (Å²) < 4.78 is 25.2. The Balaban J connectivity index is 2.66. The Morgan fingerprint density at radius 1 is 1.17 bits per heavy atom. The van der Waals surface area contributed by atoms with E-state index in [9.17, 15) is 13.2 Å². The second-order valence-electron chi connectivity index (χ2n) is 5.64. The van der Waals surface area contributed by atoms with Gasteiger partial charge in [-0.1, -0.05) is 37.1 Å². The highest BCUT2D eigenvalue weighted by molar-refractivity contribution is 7.88. The summed E-state index contributed by atoms with van der Waals surface area (Å²) in [7, 11) is -1.63. The van der Waals surface area contributed by atoms with Crippen LogP contribution in [0.4, 0.5) is 0 Å². The zero-order valence-electron chi connectivity index (χ0n) is 14.0. The fourth-order valence-corrected chi connectivity index (χ4v) is 3.02. The summed E-state index contributed by atoms with van der Waals surface area (Å²) in [5.74, 6) is -0.0387. The summed E-state index contributed by atoms with van der Waals surface area (Å²) in [5.41, 5.74) is 0.839. The number of nitrogens with zero attached hydrogens (tertiary/aromatic N) is 2. The minimum atomic E-state index is -3.38. The molecule has 0 saturated carbocycles. The fourth-order valence-electron chi connectivity index (χ4n) is 2.09. The molecule has 1 aromatic carbocycles. The van der Waals surface area contributed by atoms with Gasteiger partial charge in [0.15, 0.2) is 0 Å². The largest absolute Gasteiger partial charge is 0.346 e. The minimum absolute atomic E-state index is 0.0387. The lowest BCUT2D eigenvalue weighted by Crippen LogP contribution is -2.35. The maximum absolute atomic E-state index is 12.1. The summed E-state index contributed by atoms with van der Waals surface area (Å²) in [6, 6.07) is 7.02. The van der Waals surface area contributed by atoms with Crippen LogP contribution in [0.3, 0.4) is 0 Å². The van der Waals surface area contributed by atoms with Crippen molar-refractivity contribution in [3.05, 3.63) is 34.9 Å². The van der Waals surface area contributed by atoms with Crippen LogP contribution in [0, 0.1) is 0 Å². The third-order valence-corrected chi connectivity index (χ3v) is 5.09. The molecule has 0 fully saturated rings. The highest BCUT2D eigenvalue weighted by atomic mass is 35.5. The lowest BCUT2D eigenvalue weighted by molar-refractivity contribution is -0.130. The van der Waals surface area contributed by atoms with Gasteiger partial charge in [-0.2, -0.15) is 4.31 Å². The first kappa shape index (κ1) is 19.9. The molecular weight excluding hydrogens is 336 g/mol. The van der Waals surface area contributed by atoms with Crippen molar-refractivity contribution in [2.45, 2.75) is 32.7 Å². The van der Waals surface area contributed by atoms with Crippen LogP contribution in [0.5, 0.6) is 0 Å². The molecule has 0 bridgehead atoms. The molecule has 0 aliphatic rings. The zero-order valence-corrected chi connectivity index (χ0v) is 15.5. The van der Waals surface area contributed by atoms with E-state index in [-0.39, 0.29) is 25.4 Å². The smallest absolute Gasteiger partial charge is 0.223 e. The molecule has 1 amide bonds. The average molecular weight is 361 g/mol. The van der Waals surface area contributed by atoms with Crippen LogP contribution in [0.1, 0.15) is 31.7 Å². The van der Waals surface area contributed by atoms with Crippen molar-refractivity contribution in [3.63, 3.8) is 0 Å². The maximum atomic E-state index is 12.1.